The molecule has 0 saturated carbocycles. The van der Waals surface area contributed by atoms with E-state index in [-0.39, 0.29) is 0 Å². The fourth-order valence-electron chi connectivity index (χ4n) is 3.45. The number of nitrogens with one attached hydrogen (secondary N) is 1. The highest BCUT2D eigenvalue weighted by Crippen LogP contribution is 2.17. The maximum Gasteiger partial charge on any atom is 0.226 e. The maximum atomic E-state index is 5.92. The summed E-state index contributed by atoms with van der Waals surface area (Å²) in [5.41, 5.74) is 1.22. The van der Waals surface area contributed by atoms with Crippen molar-refractivity contribution in [3.8, 4) is 0 Å². The molecule has 1 atom stereocenters. The Morgan fingerprint density at radius 3 is 2.90 bits per heavy atom. The van der Waals surface area contributed by atoms with Crippen molar-refractivity contribution in [1.29, 1.82) is 0 Å². The van der Waals surface area contributed by atoms with E-state index in [1.807, 2.05) is 25.2 Å². The lowest BCUT2D eigenvalue weighted by Gasteiger charge is -2.21. The molecule has 1 fully saturated rings. The van der Waals surface area contributed by atoms with Gasteiger partial charge in [-0.3, -0.25) is 4.99 Å². The van der Waals surface area contributed by atoms with Crippen LogP contribution in [0.15, 0.2) is 39.8 Å². The largest absolute Gasteiger partial charge is 0.376 e. The summed E-state index contributed by atoms with van der Waals surface area (Å²) in [4.78, 5) is 11.2. The van der Waals surface area contributed by atoms with Crippen molar-refractivity contribution in [3.05, 3.63) is 47.6 Å². The first-order valence-electron chi connectivity index (χ1n) is 10.6. The van der Waals surface area contributed by atoms with Gasteiger partial charge in [0.05, 0.1) is 13.2 Å². The minimum absolute atomic E-state index is 0.296. The second-order valence-electron chi connectivity index (χ2n) is 7.88. The molecule has 1 saturated heterocycles. The number of ether oxygens (including phenoxy) is 1. The van der Waals surface area contributed by atoms with Crippen molar-refractivity contribution < 1.29 is 9.26 Å². The molecule has 0 bridgehead atoms. The van der Waals surface area contributed by atoms with E-state index < -0.39 is 0 Å². The third-order valence-electron chi connectivity index (χ3n) is 5.11. The van der Waals surface area contributed by atoms with Crippen molar-refractivity contribution in [2.24, 2.45) is 10.9 Å². The maximum absolute atomic E-state index is 5.92. The van der Waals surface area contributed by atoms with Gasteiger partial charge in [0.1, 0.15) is 0 Å². The topological polar surface area (TPSA) is 75.8 Å². The normalized spacial score (nSPS) is 17.3. The first-order valence-corrected chi connectivity index (χ1v) is 10.6. The Morgan fingerprint density at radius 2 is 2.17 bits per heavy atom. The predicted molar refractivity (Wildman–Crippen MR) is 114 cm³/mol. The summed E-state index contributed by atoms with van der Waals surface area (Å²) in [6, 6.07) is 10.3. The van der Waals surface area contributed by atoms with E-state index in [2.05, 4.69) is 51.3 Å². The molecule has 0 spiro atoms. The molecular formula is C22H33N5O2. The minimum atomic E-state index is 0.296. The summed E-state index contributed by atoms with van der Waals surface area (Å²) in [5, 5.41) is 7.47. The summed E-state index contributed by atoms with van der Waals surface area (Å²) in [6.45, 7) is 8.43. The van der Waals surface area contributed by atoms with Crippen LogP contribution in [0.4, 0.5) is 0 Å². The highest BCUT2D eigenvalue weighted by molar-refractivity contribution is 5.80. The molecule has 7 heteroatoms. The molecular weight excluding hydrogens is 366 g/mol. The Morgan fingerprint density at radius 1 is 1.34 bits per heavy atom. The van der Waals surface area contributed by atoms with E-state index in [1.165, 1.54) is 5.56 Å². The van der Waals surface area contributed by atoms with Crippen LogP contribution < -0.4 is 5.32 Å². The molecule has 7 nitrogen and oxygen atoms in total. The van der Waals surface area contributed by atoms with Crippen molar-refractivity contribution in [3.63, 3.8) is 0 Å². The molecule has 158 valence electrons. The number of rotatable bonds is 9. The predicted octanol–water partition coefficient (Wildman–Crippen LogP) is 3.24. The summed E-state index contributed by atoms with van der Waals surface area (Å²) < 4.78 is 11.2. The van der Waals surface area contributed by atoms with Gasteiger partial charge in [0, 0.05) is 44.9 Å². The van der Waals surface area contributed by atoms with Gasteiger partial charge in [0.15, 0.2) is 11.8 Å². The average Bonchev–Trinajstić information content (AvgIpc) is 3.39. The number of hydrogen-bond donors (Lipinski definition) is 1. The average molecular weight is 400 g/mol. The molecule has 1 aromatic carbocycles. The number of hydrogen-bond acceptors (Lipinski definition) is 5. The summed E-state index contributed by atoms with van der Waals surface area (Å²) in [7, 11) is 1.84. The van der Waals surface area contributed by atoms with E-state index in [0.29, 0.717) is 24.3 Å². The zero-order valence-corrected chi connectivity index (χ0v) is 17.8. The SMILES string of the molecule is CN=C(NCCCc1nc(C(C)C)no1)N1CCC(COCc2ccccc2)C1. The van der Waals surface area contributed by atoms with Crippen LogP contribution in [-0.2, 0) is 17.8 Å². The molecule has 2 aromatic rings. The Bertz CT molecular complexity index is 760. The van der Waals surface area contributed by atoms with Crippen LogP contribution in [0.1, 0.15) is 49.9 Å². The van der Waals surface area contributed by atoms with Crippen LogP contribution in [0.3, 0.4) is 0 Å². The zero-order valence-electron chi connectivity index (χ0n) is 17.8. The number of benzene rings is 1. The Balaban J connectivity index is 1.33. The summed E-state index contributed by atoms with van der Waals surface area (Å²) in [5.74, 6) is 3.29. The van der Waals surface area contributed by atoms with Crippen molar-refractivity contribution >= 4 is 5.96 Å². The molecule has 0 aliphatic carbocycles. The van der Waals surface area contributed by atoms with Crippen LogP contribution in [0.25, 0.3) is 0 Å². The van der Waals surface area contributed by atoms with Gasteiger partial charge in [0.25, 0.3) is 0 Å². The fraction of sp³-hybridized carbons (Fsp3) is 0.591. The molecule has 1 aromatic heterocycles. The third-order valence-corrected chi connectivity index (χ3v) is 5.11. The van der Waals surface area contributed by atoms with E-state index in [0.717, 1.165) is 57.3 Å². The highest BCUT2D eigenvalue weighted by Gasteiger charge is 2.24. The van der Waals surface area contributed by atoms with Gasteiger partial charge in [-0.15, -0.1) is 0 Å². The number of aliphatic imine (C=N–C) groups is 1. The minimum Gasteiger partial charge on any atom is -0.376 e. The molecule has 2 heterocycles. The fourth-order valence-corrected chi connectivity index (χ4v) is 3.45. The van der Waals surface area contributed by atoms with Gasteiger partial charge in [-0.1, -0.05) is 49.3 Å². The molecule has 1 aliphatic heterocycles. The smallest absolute Gasteiger partial charge is 0.226 e. The molecule has 0 radical (unpaired) electrons. The van der Waals surface area contributed by atoms with Crippen LogP contribution in [0.5, 0.6) is 0 Å². The molecule has 0 amide bonds. The summed E-state index contributed by atoms with van der Waals surface area (Å²) >= 11 is 0. The summed E-state index contributed by atoms with van der Waals surface area (Å²) in [6.07, 6.45) is 2.84. The zero-order chi connectivity index (χ0) is 20.5. The van der Waals surface area contributed by atoms with Crippen LogP contribution in [-0.4, -0.2) is 54.3 Å². The second-order valence-corrected chi connectivity index (χ2v) is 7.88. The van der Waals surface area contributed by atoms with E-state index in [9.17, 15) is 0 Å². The van der Waals surface area contributed by atoms with Crippen LogP contribution in [0.2, 0.25) is 0 Å². The number of aryl methyl sites for hydroxylation is 1. The monoisotopic (exact) mass is 399 g/mol. The second kappa shape index (κ2) is 11.0. The Kier molecular flexibility index (Phi) is 8.04. The number of aromatic nitrogens is 2. The number of nitrogens with zero attached hydrogens (tertiary/aromatic N) is 4. The standard InChI is InChI=1S/C22H33N5O2/c1-17(2)21-25-20(29-26-21)10-7-12-24-22(23-3)27-13-11-19(14-27)16-28-15-18-8-5-4-6-9-18/h4-6,8-9,17,19H,7,10-16H2,1-3H3,(H,23,24). The quantitative estimate of drug-likeness (QED) is 0.396. The molecule has 29 heavy (non-hydrogen) atoms. The van der Waals surface area contributed by atoms with E-state index in [4.69, 9.17) is 9.26 Å². The Hall–Kier alpha value is -2.41. The lowest BCUT2D eigenvalue weighted by molar-refractivity contribution is 0.0907. The molecule has 3 rings (SSSR count). The van der Waals surface area contributed by atoms with Crippen molar-refractivity contribution in [2.45, 2.75) is 45.6 Å². The van der Waals surface area contributed by atoms with Crippen LogP contribution in [0, 0.1) is 5.92 Å². The van der Waals surface area contributed by atoms with Gasteiger partial charge in [-0.25, -0.2) is 0 Å². The Labute approximate surface area is 173 Å². The van der Waals surface area contributed by atoms with Gasteiger partial charge in [-0.05, 0) is 18.4 Å². The third kappa shape index (κ3) is 6.56. The lowest BCUT2D eigenvalue weighted by atomic mass is 10.1. The number of likely N-dealkylation sites (tertiary alicyclic amines) is 1. The van der Waals surface area contributed by atoms with Gasteiger partial charge in [-0.2, -0.15) is 4.98 Å². The van der Waals surface area contributed by atoms with E-state index in [1.54, 1.807) is 0 Å². The van der Waals surface area contributed by atoms with Gasteiger partial charge in [0.2, 0.25) is 5.89 Å². The lowest BCUT2D eigenvalue weighted by Crippen LogP contribution is -2.40. The first kappa shape index (κ1) is 21.3. The van der Waals surface area contributed by atoms with Gasteiger partial charge >= 0.3 is 0 Å². The first-order chi connectivity index (χ1) is 14.2. The molecule has 1 aliphatic rings. The molecule has 1 N–H and O–H groups in total. The van der Waals surface area contributed by atoms with E-state index >= 15 is 0 Å². The van der Waals surface area contributed by atoms with Crippen molar-refractivity contribution in [1.82, 2.24) is 20.4 Å². The van der Waals surface area contributed by atoms with Crippen molar-refractivity contribution in [2.75, 3.05) is 33.3 Å². The van der Waals surface area contributed by atoms with Gasteiger partial charge < -0.3 is 19.5 Å². The van der Waals surface area contributed by atoms with Crippen LogP contribution >= 0.6 is 0 Å². The number of guanidine groups is 1. The molecule has 1 unspecified atom stereocenters. The highest BCUT2D eigenvalue weighted by atomic mass is 16.5.